The van der Waals surface area contributed by atoms with Crippen molar-refractivity contribution in [1.82, 2.24) is 0 Å². The zero-order valence-electron chi connectivity index (χ0n) is 13.0. The molecule has 7 atom stereocenters. The molecule has 0 aromatic heterocycles. The molecule has 140 valence electrons. The predicted molar refractivity (Wildman–Crippen MR) is 75.1 cm³/mol. The highest BCUT2D eigenvalue weighted by Crippen LogP contribution is 2.34. The van der Waals surface area contributed by atoms with Crippen LogP contribution < -0.4 is 11.5 Å². The fraction of sp³-hybridized carbons (Fsp3) is 0.846. The van der Waals surface area contributed by atoms with Gasteiger partial charge in [0.15, 0.2) is 6.17 Å². The molecule has 1 fully saturated rings. The molecule has 7 N–H and O–H groups in total. The van der Waals surface area contributed by atoms with Crippen molar-refractivity contribution < 1.29 is 43.2 Å². The molecule has 1 rings (SSSR count). The second kappa shape index (κ2) is 8.12. The summed E-state index contributed by atoms with van der Waals surface area (Å²) in [7, 11) is 0. The van der Waals surface area contributed by atoms with Crippen molar-refractivity contribution in [3.63, 3.8) is 0 Å². The SMILES string of the molecule is CCCC(=O)OC[C@@H](O)[C@@H](O)C1OC(F)(C(=O)O)C(F)C(N)C1N. The molecule has 0 amide bonds. The van der Waals surface area contributed by atoms with Crippen LogP contribution in [0.3, 0.4) is 0 Å². The lowest BCUT2D eigenvalue weighted by Gasteiger charge is -2.44. The van der Waals surface area contributed by atoms with Gasteiger partial charge in [-0.3, -0.25) is 4.79 Å². The zero-order valence-corrected chi connectivity index (χ0v) is 13.0. The quantitative estimate of drug-likeness (QED) is 0.331. The number of aliphatic hydroxyl groups excluding tert-OH is 2. The highest BCUT2D eigenvalue weighted by atomic mass is 19.2. The van der Waals surface area contributed by atoms with Gasteiger partial charge in [-0.05, 0) is 6.42 Å². The van der Waals surface area contributed by atoms with E-state index < -0.39 is 61.0 Å². The molecule has 0 spiro atoms. The molecule has 0 bridgehead atoms. The highest BCUT2D eigenvalue weighted by Gasteiger charge is 2.61. The van der Waals surface area contributed by atoms with Gasteiger partial charge < -0.3 is 36.3 Å². The second-order valence-corrected chi connectivity index (χ2v) is 5.58. The minimum atomic E-state index is -3.82. The van der Waals surface area contributed by atoms with Crippen LogP contribution in [0, 0.1) is 0 Å². The fourth-order valence-corrected chi connectivity index (χ4v) is 2.24. The van der Waals surface area contributed by atoms with Crippen LogP contribution in [0.15, 0.2) is 0 Å². The van der Waals surface area contributed by atoms with Crippen molar-refractivity contribution in [3.8, 4) is 0 Å². The van der Waals surface area contributed by atoms with E-state index in [-0.39, 0.29) is 6.42 Å². The van der Waals surface area contributed by atoms with Gasteiger partial charge in [-0.1, -0.05) is 6.92 Å². The number of rotatable bonds is 7. The minimum Gasteiger partial charge on any atom is -0.477 e. The van der Waals surface area contributed by atoms with Gasteiger partial charge in [0.1, 0.15) is 24.9 Å². The number of aliphatic hydroxyl groups is 2. The summed E-state index contributed by atoms with van der Waals surface area (Å²) < 4.78 is 37.1. The topological polar surface area (TPSA) is 165 Å². The van der Waals surface area contributed by atoms with Gasteiger partial charge in [0, 0.05) is 6.42 Å². The number of carbonyl (C=O) groups excluding carboxylic acids is 1. The number of alkyl halides is 2. The van der Waals surface area contributed by atoms with Crippen LogP contribution in [0.1, 0.15) is 19.8 Å². The lowest BCUT2D eigenvalue weighted by molar-refractivity contribution is -0.274. The highest BCUT2D eigenvalue weighted by molar-refractivity contribution is 5.76. The first kappa shape index (κ1) is 20.6. The molecule has 1 heterocycles. The molecule has 0 aromatic carbocycles. The molecule has 11 heteroatoms. The van der Waals surface area contributed by atoms with Crippen LogP contribution in [0.25, 0.3) is 0 Å². The van der Waals surface area contributed by atoms with Gasteiger partial charge in [-0.25, -0.2) is 9.18 Å². The van der Waals surface area contributed by atoms with E-state index in [1.54, 1.807) is 6.92 Å². The first-order valence-electron chi connectivity index (χ1n) is 7.33. The van der Waals surface area contributed by atoms with E-state index in [1.807, 2.05) is 0 Å². The van der Waals surface area contributed by atoms with Crippen molar-refractivity contribution in [2.24, 2.45) is 11.5 Å². The summed E-state index contributed by atoms with van der Waals surface area (Å²) >= 11 is 0. The summed E-state index contributed by atoms with van der Waals surface area (Å²) in [5.41, 5.74) is 10.9. The Morgan fingerprint density at radius 2 is 1.92 bits per heavy atom. The Hall–Kier alpha value is -1.40. The molecule has 1 aliphatic heterocycles. The van der Waals surface area contributed by atoms with E-state index in [0.29, 0.717) is 6.42 Å². The van der Waals surface area contributed by atoms with Crippen LogP contribution in [-0.4, -0.2) is 76.3 Å². The lowest BCUT2D eigenvalue weighted by Crippen LogP contribution is -2.72. The summed E-state index contributed by atoms with van der Waals surface area (Å²) in [4.78, 5) is 22.1. The van der Waals surface area contributed by atoms with Crippen LogP contribution >= 0.6 is 0 Å². The number of esters is 1. The number of nitrogens with two attached hydrogens (primary N) is 2. The predicted octanol–water partition coefficient (Wildman–Crippen LogP) is -1.81. The van der Waals surface area contributed by atoms with Crippen molar-refractivity contribution in [2.75, 3.05) is 6.61 Å². The van der Waals surface area contributed by atoms with Crippen molar-refractivity contribution in [2.45, 2.75) is 62.2 Å². The van der Waals surface area contributed by atoms with Crippen LogP contribution in [0.4, 0.5) is 8.78 Å². The second-order valence-electron chi connectivity index (χ2n) is 5.58. The van der Waals surface area contributed by atoms with E-state index >= 15 is 0 Å². The first-order valence-corrected chi connectivity index (χ1v) is 7.33. The molecular weight excluding hydrogens is 334 g/mol. The van der Waals surface area contributed by atoms with Gasteiger partial charge >= 0.3 is 17.8 Å². The minimum absolute atomic E-state index is 0.0866. The fourth-order valence-electron chi connectivity index (χ4n) is 2.24. The van der Waals surface area contributed by atoms with E-state index in [4.69, 9.17) is 16.6 Å². The summed E-state index contributed by atoms with van der Waals surface area (Å²) in [5, 5.41) is 28.6. The van der Waals surface area contributed by atoms with E-state index in [2.05, 4.69) is 9.47 Å². The van der Waals surface area contributed by atoms with E-state index in [0.717, 1.165) is 0 Å². The Kier molecular flexibility index (Phi) is 6.98. The van der Waals surface area contributed by atoms with Crippen LogP contribution in [0.2, 0.25) is 0 Å². The maximum atomic E-state index is 14.2. The monoisotopic (exact) mass is 356 g/mol. The summed E-state index contributed by atoms with van der Waals surface area (Å²) in [5.74, 6) is -6.73. The number of hydrogen-bond donors (Lipinski definition) is 5. The third-order valence-electron chi connectivity index (χ3n) is 3.72. The normalized spacial score (nSPS) is 36.0. The Morgan fingerprint density at radius 3 is 2.42 bits per heavy atom. The standard InChI is InChI=1S/C13H22F2N2O7/c1-2-3-6(19)23-4-5(18)9(20)10-7(16)8(17)11(14)13(15,24-10)12(21)22/h5,7-11,18,20H,2-4,16-17H2,1H3,(H,21,22)/t5-,7?,8?,9-,10?,11?,13?/m1/s1. The lowest BCUT2D eigenvalue weighted by atomic mass is 9.87. The number of aliphatic carboxylic acids is 1. The Morgan fingerprint density at radius 1 is 1.33 bits per heavy atom. The maximum absolute atomic E-state index is 14.2. The molecule has 5 unspecified atom stereocenters. The van der Waals surface area contributed by atoms with Crippen molar-refractivity contribution in [1.29, 1.82) is 0 Å². The average Bonchev–Trinajstić information content (AvgIpc) is 2.53. The van der Waals surface area contributed by atoms with E-state index in [1.165, 1.54) is 0 Å². The summed E-state index contributed by atoms with van der Waals surface area (Å²) in [6.45, 7) is 1.07. The maximum Gasteiger partial charge on any atom is 0.372 e. The molecule has 0 saturated carbocycles. The number of ether oxygens (including phenoxy) is 2. The molecule has 0 aromatic rings. The molecule has 0 aliphatic carbocycles. The number of carbonyl (C=O) groups is 2. The molecular formula is C13H22F2N2O7. The van der Waals surface area contributed by atoms with Crippen LogP contribution in [0.5, 0.6) is 0 Å². The smallest absolute Gasteiger partial charge is 0.372 e. The Bertz CT molecular complexity index is 470. The molecule has 9 nitrogen and oxygen atoms in total. The molecule has 24 heavy (non-hydrogen) atoms. The number of carboxylic acid groups (broad SMARTS) is 1. The van der Waals surface area contributed by atoms with Crippen molar-refractivity contribution in [3.05, 3.63) is 0 Å². The Balaban J connectivity index is 2.82. The average molecular weight is 356 g/mol. The Labute approximate surface area is 136 Å². The number of hydrogen-bond acceptors (Lipinski definition) is 8. The zero-order chi connectivity index (χ0) is 18.7. The van der Waals surface area contributed by atoms with Crippen LogP contribution in [-0.2, 0) is 19.1 Å². The third kappa shape index (κ3) is 4.16. The van der Waals surface area contributed by atoms with Gasteiger partial charge in [0.05, 0.1) is 12.1 Å². The largest absolute Gasteiger partial charge is 0.477 e. The molecule has 0 radical (unpaired) electrons. The third-order valence-corrected chi connectivity index (χ3v) is 3.72. The number of carboxylic acids is 1. The van der Waals surface area contributed by atoms with Crippen molar-refractivity contribution >= 4 is 11.9 Å². The number of halogens is 2. The summed E-state index contributed by atoms with van der Waals surface area (Å²) in [6.07, 6.45) is -7.72. The van der Waals surface area contributed by atoms with Gasteiger partial charge in [-0.15, -0.1) is 0 Å². The molecule has 1 saturated heterocycles. The molecule has 1 aliphatic rings. The van der Waals surface area contributed by atoms with Gasteiger partial charge in [0.2, 0.25) is 0 Å². The first-order chi connectivity index (χ1) is 11.1. The van der Waals surface area contributed by atoms with E-state index in [9.17, 15) is 28.6 Å². The van der Waals surface area contributed by atoms with Gasteiger partial charge in [-0.2, -0.15) is 4.39 Å². The summed E-state index contributed by atoms with van der Waals surface area (Å²) in [6, 6.07) is -3.30. The van der Waals surface area contributed by atoms with Gasteiger partial charge in [0.25, 0.3) is 0 Å².